The lowest BCUT2D eigenvalue weighted by Gasteiger charge is -2.39. The first-order valence-corrected chi connectivity index (χ1v) is 11.1. The third-order valence-corrected chi connectivity index (χ3v) is 6.36. The molecule has 2 aromatic rings. The molecule has 4 nitrogen and oxygen atoms in total. The van der Waals surface area contributed by atoms with Crippen molar-refractivity contribution in [1.82, 2.24) is 5.32 Å². The number of carbonyl (C=O) groups is 2. The molecule has 1 aliphatic carbocycles. The third kappa shape index (κ3) is 4.13. The van der Waals surface area contributed by atoms with E-state index in [-0.39, 0.29) is 16.8 Å². The van der Waals surface area contributed by atoms with Crippen molar-refractivity contribution in [3.05, 3.63) is 86.7 Å². The lowest BCUT2D eigenvalue weighted by molar-refractivity contribution is -0.118. The van der Waals surface area contributed by atoms with Gasteiger partial charge in [-0.2, -0.15) is 0 Å². The van der Waals surface area contributed by atoms with E-state index in [0.29, 0.717) is 24.1 Å². The second-order valence-electron chi connectivity index (χ2n) is 9.04. The van der Waals surface area contributed by atoms with Gasteiger partial charge in [0.25, 0.3) is 5.91 Å². The van der Waals surface area contributed by atoms with Crippen LogP contribution in [0.1, 0.15) is 45.1 Å². The molecule has 1 aliphatic heterocycles. The highest BCUT2D eigenvalue weighted by molar-refractivity contribution is 9.10. The quantitative estimate of drug-likeness (QED) is 0.545. The fraction of sp³-hybridized carbons (Fsp3) is 0.280. The normalized spacial score (nSPS) is 20.1. The summed E-state index contributed by atoms with van der Waals surface area (Å²) in [5.74, 6) is -3.08. The van der Waals surface area contributed by atoms with Gasteiger partial charge < -0.3 is 10.6 Å². The van der Waals surface area contributed by atoms with Crippen LogP contribution in [0.3, 0.4) is 0 Å². The summed E-state index contributed by atoms with van der Waals surface area (Å²) in [6.07, 6.45) is 1.01. The minimum absolute atomic E-state index is 0.0383. The molecule has 7 heteroatoms. The summed E-state index contributed by atoms with van der Waals surface area (Å²) in [7, 11) is 0. The number of anilines is 1. The van der Waals surface area contributed by atoms with Gasteiger partial charge in [-0.05, 0) is 48.6 Å². The van der Waals surface area contributed by atoms with Gasteiger partial charge in [-0.3, -0.25) is 9.59 Å². The maximum atomic E-state index is 14.2. The molecule has 4 rings (SSSR count). The van der Waals surface area contributed by atoms with E-state index >= 15 is 0 Å². The molecule has 2 aliphatic rings. The number of Topliss-reactive ketones (excluding diaryl/α,β-unsaturated/α-hetero) is 1. The van der Waals surface area contributed by atoms with Crippen LogP contribution in [0.25, 0.3) is 0 Å². The number of allylic oxidation sites excluding steroid dienone is 3. The molecule has 0 saturated carbocycles. The monoisotopic (exact) mass is 500 g/mol. The second kappa shape index (κ2) is 8.28. The Morgan fingerprint density at radius 2 is 1.78 bits per heavy atom. The average molecular weight is 501 g/mol. The topological polar surface area (TPSA) is 58.2 Å². The molecule has 1 unspecified atom stereocenters. The van der Waals surface area contributed by atoms with E-state index in [2.05, 4.69) is 26.6 Å². The van der Waals surface area contributed by atoms with E-state index in [1.54, 1.807) is 6.92 Å². The second-order valence-corrected chi connectivity index (χ2v) is 9.95. The lowest BCUT2D eigenvalue weighted by atomic mass is 9.68. The Morgan fingerprint density at radius 1 is 1.12 bits per heavy atom. The van der Waals surface area contributed by atoms with E-state index in [1.807, 2.05) is 38.1 Å². The van der Waals surface area contributed by atoms with Crippen molar-refractivity contribution in [2.45, 2.75) is 39.5 Å². The first-order chi connectivity index (χ1) is 15.1. The Hall–Kier alpha value is -2.80. The summed E-state index contributed by atoms with van der Waals surface area (Å²) in [5.41, 5.74) is 2.17. The van der Waals surface area contributed by atoms with E-state index in [0.717, 1.165) is 27.9 Å². The molecule has 1 amide bonds. The van der Waals surface area contributed by atoms with Crippen molar-refractivity contribution in [2.75, 3.05) is 5.32 Å². The number of hydrogen-bond acceptors (Lipinski definition) is 3. The number of dihydropyridines is 1. The summed E-state index contributed by atoms with van der Waals surface area (Å²) in [6.45, 7) is 5.81. The van der Waals surface area contributed by atoms with Crippen LogP contribution in [0.4, 0.5) is 14.5 Å². The van der Waals surface area contributed by atoms with Crippen LogP contribution in [0.2, 0.25) is 0 Å². The summed E-state index contributed by atoms with van der Waals surface area (Å²) >= 11 is 3.46. The number of carbonyl (C=O) groups excluding carboxylic acids is 2. The van der Waals surface area contributed by atoms with Crippen LogP contribution in [-0.2, 0) is 9.59 Å². The Balaban J connectivity index is 1.84. The van der Waals surface area contributed by atoms with Crippen molar-refractivity contribution < 1.29 is 18.4 Å². The zero-order valence-electron chi connectivity index (χ0n) is 18.0. The van der Waals surface area contributed by atoms with Crippen molar-refractivity contribution in [1.29, 1.82) is 0 Å². The van der Waals surface area contributed by atoms with Gasteiger partial charge in [0.15, 0.2) is 5.78 Å². The van der Waals surface area contributed by atoms with Crippen LogP contribution in [0, 0.1) is 17.0 Å². The predicted octanol–water partition coefficient (Wildman–Crippen LogP) is 5.97. The SMILES string of the molecule is CC1=C(C(=O)Nc2c(F)cccc2F)C(c2cccc(Br)c2)C2=C(CC(C)(C)CC2=O)N1. The molecule has 166 valence electrons. The van der Waals surface area contributed by atoms with E-state index in [9.17, 15) is 18.4 Å². The fourth-order valence-electron chi connectivity index (χ4n) is 4.55. The van der Waals surface area contributed by atoms with Gasteiger partial charge in [-0.15, -0.1) is 0 Å². The number of hydrogen-bond donors (Lipinski definition) is 2. The highest BCUT2D eigenvalue weighted by atomic mass is 79.9. The maximum Gasteiger partial charge on any atom is 0.254 e. The minimum Gasteiger partial charge on any atom is -0.362 e. The number of nitrogens with one attached hydrogen (secondary N) is 2. The van der Waals surface area contributed by atoms with Gasteiger partial charge in [-0.1, -0.05) is 48.0 Å². The van der Waals surface area contributed by atoms with E-state index in [1.165, 1.54) is 6.07 Å². The van der Waals surface area contributed by atoms with E-state index < -0.39 is 29.1 Å². The number of ketones is 1. The summed E-state index contributed by atoms with van der Waals surface area (Å²) in [4.78, 5) is 26.6. The molecule has 2 aromatic carbocycles. The molecule has 0 fully saturated rings. The zero-order chi connectivity index (χ0) is 23.2. The summed E-state index contributed by atoms with van der Waals surface area (Å²) < 4.78 is 29.2. The van der Waals surface area contributed by atoms with E-state index in [4.69, 9.17) is 0 Å². The molecule has 0 spiro atoms. The van der Waals surface area contributed by atoms with Crippen LogP contribution in [0.15, 0.2) is 69.5 Å². The zero-order valence-corrected chi connectivity index (χ0v) is 19.6. The van der Waals surface area contributed by atoms with Crippen molar-refractivity contribution in [2.24, 2.45) is 5.41 Å². The fourth-order valence-corrected chi connectivity index (χ4v) is 4.97. The molecule has 0 saturated heterocycles. The van der Waals surface area contributed by atoms with Gasteiger partial charge in [0, 0.05) is 39.4 Å². The molecule has 0 radical (unpaired) electrons. The largest absolute Gasteiger partial charge is 0.362 e. The molecule has 2 N–H and O–H groups in total. The summed E-state index contributed by atoms with van der Waals surface area (Å²) in [5, 5.41) is 5.63. The molecular formula is C25H23BrF2N2O2. The number of rotatable bonds is 3. The summed E-state index contributed by atoms with van der Waals surface area (Å²) in [6, 6.07) is 10.8. The molecule has 32 heavy (non-hydrogen) atoms. The lowest BCUT2D eigenvalue weighted by Crippen LogP contribution is -2.39. The molecule has 1 heterocycles. The predicted molar refractivity (Wildman–Crippen MR) is 123 cm³/mol. The molecular weight excluding hydrogens is 478 g/mol. The Labute approximate surface area is 193 Å². The van der Waals surface area contributed by atoms with Gasteiger partial charge in [0.05, 0.1) is 0 Å². The number of amides is 1. The van der Waals surface area contributed by atoms with Crippen LogP contribution < -0.4 is 10.6 Å². The third-order valence-electron chi connectivity index (χ3n) is 5.87. The number of para-hydroxylation sites is 1. The first kappa shape index (κ1) is 22.4. The van der Waals surface area contributed by atoms with Crippen molar-refractivity contribution in [3.8, 4) is 0 Å². The Kier molecular flexibility index (Phi) is 5.79. The average Bonchev–Trinajstić information content (AvgIpc) is 2.68. The Bertz CT molecular complexity index is 1180. The number of benzene rings is 2. The van der Waals surface area contributed by atoms with Gasteiger partial charge in [0.1, 0.15) is 17.3 Å². The highest BCUT2D eigenvalue weighted by Crippen LogP contribution is 2.47. The standard InChI is InChI=1S/C25H23BrF2N2O2/c1-13-20(24(32)30-23-16(27)8-5-9-17(23)28)21(14-6-4-7-15(26)10-14)22-18(29-13)11-25(2,3)12-19(22)31/h4-10,21,29H,11-12H2,1-3H3,(H,30,32). The smallest absolute Gasteiger partial charge is 0.254 e. The van der Waals surface area contributed by atoms with Gasteiger partial charge in [0.2, 0.25) is 0 Å². The highest BCUT2D eigenvalue weighted by Gasteiger charge is 2.42. The van der Waals surface area contributed by atoms with Crippen LogP contribution in [0.5, 0.6) is 0 Å². The molecule has 1 atom stereocenters. The van der Waals surface area contributed by atoms with Gasteiger partial charge >= 0.3 is 0 Å². The van der Waals surface area contributed by atoms with Gasteiger partial charge in [-0.25, -0.2) is 8.78 Å². The van der Waals surface area contributed by atoms with Crippen molar-refractivity contribution in [3.63, 3.8) is 0 Å². The maximum absolute atomic E-state index is 14.2. The van der Waals surface area contributed by atoms with Crippen LogP contribution in [-0.4, -0.2) is 11.7 Å². The minimum atomic E-state index is -0.866. The molecule has 0 aromatic heterocycles. The molecule has 0 bridgehead atoms. The Morgan fingerprint density at radius 3 is 2.44 bits per heavy atom. The van der Waals surface area contributed by atoms with Crippen molar-refractivity contribution >= 4 is 33.3 Å². The first-order valence-electron chi connectivity index (χ1n) is 10.3. The van der Waals surface area contributed by atoms with Crippen LogP contribution >= 0.6 is 15.9 Å². The number of halogens is 3.